The van der Waals surface area contributed by atoms with Gasteiger partial charge in [-0.25, -0.2) is 0 Å². The Bertz CT molecular complexity index is 93.8. The molecule has 10 heavy (non-hydrogen) atoms. The Morgan fingerprint density at radius 2 is 1.90 bits per heavy atom. The van der Waals surface area contributed by atoms with Crippen LogP contribution in [0.25, 0.3) is 0 Å². The number of hydrogen-bond donors (Lipinski definition) is 1. The van der Waals surface area contributed by atoms with Crippen LogP contribution in [0.3, 0.4) is 0 Å². The van der Waals surface area contributed by atoms with Gasteiger partial charge in [-0.1, -0.05) is 0 Å². The van der Waals surface area contributed by atoms with Gasteiger partial charge >= 0.3 is 0 Å². The zero-order chi connectivity index (χ0) is 7.45. The Balaban J connectivity index is 2.44. The predicted octanol–water partition coefficient (Wildman–Crippen LogP) is 0.706. The van der Waals surface area contributed by atoms with Crippen LogP contribution < -0.4 is 5.32 Å². The molecule has 0 aliphatic carbocycles. The number of ether oxygens (including phenoxy) is 2. The Morgan fingerprint density at radius 1 is 1.20 bits per heavy atom. The van der Waals surface area contributed by atoms with Crippen LogP contribution in [0.5, 0.6) is 0 Å². The maximum absolute atomic E-state index is 5.19. The van der Waals surface area contributed by atoms with Crippen molar-refractivity contribution < 1.29 is 9.47 Å². The molecule has 0 amide bonds. The lowest BCUT2D eigenvalue weighted by molar-refractivity contribution is -0.239. The molecule has 0 saturated carbocycles. The van der Waals surface area contributed by atoms with Crippen LogP contribution in [-0.2, 0) is 9.47 Å². The minimum atomic E-state index is -0.488. The highest BCUT2D eigenvalue weighted by molar-refractivity contribution is 4.71. The normalized spacial score (nSPS) is 24.6. The molecule has 0 aromatic heterocycles. The Labute approximate surface area is 61.7 Å². The van der Waals surface area contributed by atoms with E-state index in [0.717, 1.165) is 13.0 Å². The first-order chi connectivity index (χ1) is 4.83. The number of nitrogens with one attached hydrogen (secondary N) is 1. The first kappa shape index (κ1) is 7.98. The zero-order valence-corrected chi connectivity index (χ0v) is 6.64. The van der Waals surface area contributed by atoms with Gasteiger partial charge in [0.05, 0.1) is 0 Å². The van der Waals surface area contributed by atoms with E-state index in [0.29, 0.717) is 0 Å². The maximum atomic E-state index is 5.19. The topological polar surface area (TPSA) is 30.5 Å². The summed E-state index contributed by atoms with van der Waals surface area (Å²) in [6.45, 7) is 0.988. The highest BCUT2D eigenvalue weighted by Crippen LogP contribution is 2.19. The predicted molar refractivity (Wildman–Crippen MR) is 38.6 cm³/mol. The van der Waals surface area contributed by atoms with E-state index in [2.05, 4.69) is 5.32 Å². The van der Waals surface area contributed by atoms with E-state index in [1.54, 1.807) is 14.2 Å². The third-order valence-corrected chi connectivity index (χ3v) is 1.99. The standard InChI is InChI=1S/C7H15NO2/c1-9-7(10-2)5-3-4-6-8-7/h8H,3-6H2,1-2H3. The molecule has 1 fully saturated rings. The molecule has 0 spiro atoms. The minimum absolute atomic E-state index is 0.488. The van der Waals surface area contributed by atoms with Crippen molar-refractivity contribution in [1.29, 1.82) is 0 Å². The fourth-order valence-electron chi connectivity index (χ4n) is 1.28. The second kappa shape index (κ2) is 3.32. The summed E-state index contributed by atoms with van der Waals surface area (Å²) in [6.07, 6.45) is 3.34. The van der Waals surface area contributed by atoms with Crippen LogP contribution in [0.4, 0.5) is 0 Å². The largest absolute Gasteiger partial charge is 0.341 e. The van der Waals surface area contributed by atoms with E-state index >= 15 is 0 Å². The number of rotatable bonds is 2. The quantitative estimate of drug-likeness (QED) is 0.580. The molecule has 60 valence electrons. The molecule has 0 radical (unpaired) electrons. The van der Waals surface area contributed by atoms with Crippen LogP contribution in [0.2, 0.25) is 0 Å². The van der Waals surface area contributed by atoms with Crippen molar-refractivity contribution >= 4 is 0 Å². The fourth-order valence-corrected chi connectivity index (χ4v) is 1.28. The molecule has 0 bridgehead atoms. The average molecular weight is 145 g/mol. The van der Waals surface area contributed by atoms with Crippen LogP contribution in [0.1, 0.15) is 19.3 Å². The van der Waals surface area contributed by atoms with Crippen molar-refractivity contribution in [3.63, 3.8) is 0 Å². The summed E-state index contributed by atoms with van der Waals surface area (Å²) < 4.78 is 10.4. The van der Waals surface area contributed by atoms with Crippen LogP contribution in [0.15, 0.2) is 0 Å². The van der Waals surface area contributed by atoms with Crippen molar-refractivity contribution in [3.05, 3.63) is 0 Å². The highest BCUT2D eigenvalue weighted by atomic mass is 16.7. The lowest BCUT2D eigenvalue weighted by Crippen LogP contribution is -2.51. The second-order valence-corrected chi connectivity index (χ2v) is 2.55. The van der Waals surface area contributed by atoms with Gasteiger partial charge in [-0.05, 0) is 12.8 Å². The van der Waals surface area contributed by atoms with Crippen LogP contribution >= 0.6 is 0 Å². The van der Waals surface area contributed by atoms with E-state index in [4.69, 9.17) is 9.47 Å². The van der Waals surface area contributed by atoms with Crippen molar-refractivity contribution in [3.8, 4) is 0 Å². The third kappa shape index (κ3) is 1.48. The smallest absolute Gasteiger partial charge is 0.226 e. The second-order valence-electron chi connectivity index (χ2n) is 2.55. The van der Waals surface area contributed by atoms with Gasteiger partial charge in [0.25, 0.3) is 0 Å². The lowest BCUT2D eigenvalue weighted by Gasteiger charge is -2.34. The van der Waals surface area contributed by atoms with Crippen molar-refractivity contribution in [2.75, 3.05) is 20.8 Å². The maximum Gasteiger partial charge on any atom is 0.226 e. The monoisotopic (exact) mass is 145 g/mol. The average Bonchev–Trinajstić information content (AvgIpc) is 2.06. The van der Waals surface area contributed by atoms with Crippen molar-refractivity contribution in [2.24, 2.45) is 0 Å². The zero-order valence-electron chi connectivity index (χ0n) is 6.64. The third-order valence-electron chi connectivity index (χ3n) is 1.99. The molecule has 0 aromatic carbocycles. The molecule has 0 aromatic rings. The molecule has 1 saturated heterocycles. The van der Waals surface area contributed by atoms with Gasteiger partial charge in [0, 0.05) is 27.2 Å². The van der Waals surface area contributed by atoms with Gasteiger partial charge in [0.2, 0.25) is 5.91 Å². The summed E-state index contributed by atoms with van der Waals surface area (Å²) in [7, 11) is 3.34. The molecular weight excluding hydrogens is 130 g/mol. The fraction of sp³-hybridized carbons (Fsp3) is 1.00. The number of hydrogen-bond acceptors (Lipinski definition) is 3. The van der Waals surface area contributed by atoms with Gasteiger partial charge < -0.3 is 9.47 Å². The molecular formula is C7H15NO2. The summed E-state index contributed by atoms with van der Waals surface area (Å²) >= 11 is 0. The van der Waals surface area contributed by atoms with Gasteiger partial charge in [-0.3, -0.25) is 5.32 Å². The minimum Gasteiger partial charge on any atom is -0.341 e. The molecule has 1 aliphatic heterocycles. The van der Waals surface area contributed by atoms with E-state index in [-0.39, 0.29) is 0 Å². The first-order valence-corrected chi connectivity index (χ1v) is 3.68. The van der Waals surface area contributed by atoms with Crippen molar-refractivity contribution in [1.82, 2.24) is 5.32 Å². The molecule has 3 heteroatoms. The molecule has 1 heterocycles. The Kier molecular flexibility index (Phi) is 2.65. The first-order valence-electron chi connectivity index (χ1n) is 3.68. The molecule has 1 aliphatic rings. The van der Waals surface area contributed by atoms with E-state index in [1.807, 2.05) is 0 Å². The molecule has 3 nitrogen and oxygen atoms in total. The van der Waals surface area contributed by atoms with Crippen LogP contribution in [0, 0.1) is 0 Å². The molecule has 0 atom stereocenters. The molecule has 1 rings (SSSR count). The molecule has 0 unspecified atom stereocenters. The SMILES string of the molecule is COC1(OC)CCCCN1. The van der Waals surface area contributed by atoms with Crippen LogP contribution in [-0.4, -0.2) is 26.7 Å². The lowest BCUT2D eigenvalue weighted by atomic mass is 10.1. The summed E-state index contributed by atoms with van der Waals surface area (Å²) in [4.78, 5) is 0. The summed E-state index contributed by atoms with van der Waals surface area (Å²) in [6, 6.07) is 0. The Morgan fingerprint density at radius 3 is 2.20 bits per heavy atom. The van der Waals surface area contributed by atoms with Gasteiger partial charge in [-0.2, -0.15) is 0 Å². The van der Waals surface area contributed by atoms with Gasteiger partial charge in [-0.15, -0.1) is 0 Å². The summed E-state index contributed by atoms with van der Waals surface area (Å²) in [5.74, 6) is -0.488. The summed E-state index contributed by atoms with van der Waals surface area (Å²) in [5.41, 5.74) is 0. The number of methoxy groups -OCH3 is 2. The van der Waals surface area contributed by atoms with E-state index in [9.17, 15) is 0 Å². The number of piperidine rings is 1. The Hall–Kier alpha value is -0.120. The highest BCUT2D eigenvalue weighted by Gasteiger charge is 2.30. The van der Waals surface area contributed by atoms with E-state index < -0.39 is 5.91 Å². The van der Waals surface area contributed by atoms with Gasteiger partial charge in [0.1, 0.15) is 0 Å². The van der Waals surface area contributed by atoms with E-state index in [1.165, 1.54) is 12.8 Å². The van der Waals surface area contributed by atoms with Crippen molar-refractivity contribution in [2.45, 2.75) is 25.2 Å². The van der Waals surface area contributed by atoms with Gasteiger partial charge in [0.15, 0.2) is 0 Å². The summed E-state index contributed by atoms with van der Waals surface area (Å²) in [5, 5.41) is 3.19. The molecule has 1 N–H and O–H groups in total.